The van der Waals surface area contributed by atoms with Gasteiger partial charge in [0.2, 0.25) is 0 Å². The Balaban J connectivity index is 0.000000191. The second kappa shape index (κ2) is 8.06. The summed E-state index contributed by atoms with van der Waals surface area (Å²) in [6.45, 7) is 0.0613. The number of aromatic amines is 1. The number of H-pyrrole nitrogens is 1. The molecule has 0 unspecified atom stereocenters. The number of carbonyl (C=O) groups is 2. The number of nitrogens with two attached hydrogens (primary N) is 1. The molecule has 1 heterocycles. The van der Waals surface area contributed by atoms with Crippen LogP contribution in [0.2, 0.25) is 0 Å². The first-order valence-corrected chi connectivity index (χ1v) is 6.09. The Bertz CT molecular complexity index is 387. The highest BCUT2D eigenvalue weighted by molar-refractivity contribution is 5.69. The maximum absolute atomic E-state index is 10.4. The van der Waals surface area contributed by atoms with Gasteiger partial charge in [-0.25, -0.2) is 4.79 Å². The average Bonchev–Trinajstić information content (AvgIpc) is 2.91. The molecule has 1 saturated carbocycles. The zero-order chi connectivity index (χ0) is 14.1. The van der Waals surface area contributed by atoms with Crippen molar-refractivity contribution in [3.63, 3.8) is 0 Å². The van der Waals surface area contributed by atoms with Crippen molar-refractivity contribution >= 4 is 12.1 Å². The summed E-state index contributed by atoms with van der Waals surface area (Å²) in [5.41, 5.74) is 5.23. The van der Waals surface area contributed by atoms with E-state index < -0.39 is 12.1 Å². The lowest BCUT2D eigenvalue weighted by Gasteiger charge is -2.16. The summed E-state index contributed by atoms with van der Waals surface area (Å²) in [6, 6.07) is 0. The maximum Gasteiger partial charge on any atom is 0.404 e. The number of amides is 1. The highest BCUT2D eigenvalue weighted by atomic mass is 16.5. The third kappa shape index (κ3) is 6.39. The molecule has 1 aromatic rings. The molecule has 1 aromatic heterocycles. The quantitative estimate of drug-likeness (QED) is 0.752. The molecule has 1 aliphatic rings. The van der Waals surface area contributed by atoms with Crippen molar-refractivity contribution in [2.75, 3.05) is 0 Å². The van der Waals surface area contributed by atoms with E-state index in [2.05, 4.69) is 25.9 Å². The molecular formula is C11H18N4O4. The standard InChI is InChI=1S/C7H12O2.C4H6N4O2/c8-7(9)6-4-2-1-3-5-6;5-4(9)10-2-3-1-6-8-7-3/h6H,1-5H2,(H,8,9);1H,2H2,(H2,5,9)(H,6,7,8). The maximum atomic E-state index is 10.4. The van der Waals surface area contributed by atoms with Gasteiger partial charge in [0.25, 0.3) is 0 Å². The monoisotopic (exact) mass is 270 g/mol. The molecule has 8 nitrogen and oxygen atoms in total. The van der Waals surface area contributed by atoms with Crippen LogP contribution in [-0.4, -0.2) is 32.6 Å². The number of carbonyl (C=O) groups excluding carboxylic acids is 1. The molecule has 0 radical (unpaired) electrons. The molecule has 1 aliphatic carbocycles. The Labute approximate surface area is 110 Å². The lowest BCUT2D eigenvalue weighted by molar-refractivity contribution is -0.142. The highest BCUT2D eigenvalue weighted by Crippen LogP contribution is 2.23. The molecule has 1 fully saturated rings. The average molecular weight is 270 g/mol. The van der Waals surface area contributed by atoms with Crippen molar-refractivity contribution in [1.29, 1.82) is 0 Å². The van der Waals surface area contributed by atoms with Crippen LogP contribution in [-0.2, 0) is 16.1 Å². The molecule has 0 aromatic carbocycles. The fourth-order valence-electron chi connectivity index (χ4n) is 1.79. The zero-order valence-corrected chi connectivity index (χ0v) is 10.5. The Morgan fingerprint density at radius 2 is 2.11 bits per heavy atom. The molecule has 4 N–H and O–H groups in total. The zero-order valence-electron chi connectivity index (χ0n) is 10.5. The fourth-order valence-corrected chi connectivity index (χ4v) is 1.79. The van der Waals surface area contributed by atoms with Crippen molar-refractivity contribution < 1.29 is 19.4 Å². The van der Waals surface area contributed by atoms with E-state index >= 15 is 0 Å². The predicted molar refractivity (Wildman–Crippen MR) is 65.0 cm³/mol. The molecule has 0 spiro atoms. The van der Waals surface area contributed by atoms with Gasteiger partial charge in [0.05, 0.1) is 12.1 Å². The fraction of sp³-hybridized carbons (Fsp3) is 0.636. The van der Waals surface area contributed by atoms with Gasteiger partial charge in [0.1, 0.15) is 12.3 Å². The minimum Gasteiger partial charge on any atom is -0.481 e. The SMILES string of the molecule is NC(=O)OCc1cn[nH]n1.O=C(O)C1CCCCC1. The van der Waals surface area contributed by atoms with E-state index in [0.717, 1.165) is 25.7 Å². The van der Waals surface area contributed by atoms with Gasteiger partial charge in [-0.3, -0.25) is 4.79 Å². The first-order chi connectivity index (χ1) is 9.09. The van der Waals surface area contributed by atoms with Crippen LogP contribution in [0.25, 0.3) is 0 Å². The van der Waals surface area contributed by atoms with E-state index in [0.29, 0.717) is 5.69 Å². The molecule has 106 valence electrons. The number of carboxylic acids is 1. The Hall–Kier alpha value is -2.12. The van der Waals surface area contributed by atoms with Crippen LogP contribution in [0, 0.1) is 5.92 Å². The second-order valence-electron chi connectivity index (χ2n) is 4.24. The third-order valence-corrected chi connectivity index (χ3v) is 2.78. The minimum absolute atomic E-state index is 0.0289. The van der Waals surface area contributed by atoms with E-state index in [1.807, 2.05) is 0 Å². The summed E-state index contributed by atoms with van der Waals surface area (Å²) in [6.07, 6.45) is 5.87. The van der Waals surface area contributed by atoms with Crippen LogP contribution in [0.5, 0.6) is 0 Å². The van der Waals surface area contributed by atoms with Gasteiger partial charge in [-0.05, 0) is 12.8 Å². The number of nitrogens with one attached hydrogen (secondary N) is 1. The number of carboxylic acid groups (broad SMARTS) is 1. The Morgan fingerprint density at radius 3 is 2.53 bits per heavy atom. The Kier molecular flexibility index (Phi) is 6.34. The molecule has 0 saturated heterocycles. The number of ether oxygens (including phenoxy) is 1. The molecular weight excluding hydrogens is 252 g/mol. The molecule has 0 atom stereocenters. The van der Waals surface area contributed by atoms with Crippen LogP contribution in [0.4, 0.5) is 4.79 Å². The van der Waals surface area contributed by atoms with E-state index in [1.165, 1.54) is 12.6 Å². The number of primary amides is 1. The van der Waals surface area contributed by atoms with Gasteiger partial charge < -0.3 is 15.6 Å². The van der Waals surface area contributed by atoms with Crippen LogP contribution < -0.4 is 5.73 Å². The summed E-state index contributed by atoms with van der Waals surface area (Å²) >= 11 is 0. The Morgan fingerprint density at radius 1 is 1.42 bits per heavy atom. The van der Waals surface area contributed by atoms with Gasteiger partial charge in [-0.1, -0.05) is 19.3 Å². The number of nitrogens with zero attached hydrogens (tertiary/aromatic N) is 2. The summed E-state index contributed by atoms with van der Waals surface area (Å²) in [5.74, 6) is -0.631. The number of hydrogen-bond donors (Lipinski definition) is 3. The van der Waals surface area contributed by atoms with Crippen molar-refractivity contribution in [3.8, 4) is 0 Å². The second-order valence-corrected chi connectivity index (χ2v) is 4.24. The van der Waals surface area contributed by atoms with Gasteiger partial charge in [-0.15, -0.1) is 0 Å². The molecule has 0 aliphatic heterocycles. The third-order valence-electron chi connectivity index (χ3n) is 2.78. The summed E-state index contributed by atoms with van der Waals surface area (Å²) in [5, 5.41) is 18.0. The largest absolute Gasteiger partial charge is 0.481 e. The smallest absolute Gasteiger partial charge is 0.404 e. The number of aliphatic carboxylic acids is 1. The first-order valence-electron chi connectivity index (χ1n) is 6.09. The highest BCUT2D eigenvalue weighted by Gasteiger charge is 2.19. The minimum atomic E-state index is -0.817. The van der Waals surface area contributed by atoms with E-state index in [1.54, 1.807) is 0 Å². The lowest BCUT2D eigenvalue weighted by atomic mass is 9.90. The number of rotatable bonds is 3. The number of hydrogen-bond acceptors (Lipinski definition) is 5. The normalized spacial score (nSPS) is 15.2. The predicted octanol–water partition coefficient (Wildman–Crippen LogP) is 1.05. The summed E-state index contributed by atoms with van der Waals surface area (Å²) < 4.78 is 4.40. The van der Waals surface area contributed by atoms with Crippen molar-refractivity contribution in [2.45, 2.75) is 38.7 Å². The van der Waals surface area contributed by atoms with Crippen LogP contribution in [0.3, 0.4) is 0 Å². The first kappa shape index (κ1) is 14.9. The summed E-state index contributed by atoms with van der Waals surface area (Å²) in [7, 11) is 0. The van der Waals surface area contributed by atoms with Crippen molar-refractivity contribution in [3.05, 3.63) is 11.9 Å². The topological polar surface area (TPSA) is 131 Å². The molecule has 0 bridgehead atoms. The van der Waals surface area contributed by atoms with Gasteiger partial charge in [0, 0.05) is 0 Å². The molecule has 19 heavy (non-hydrogen) atoms. The van der Waals surface area contributed by atoms with Crippen molar-refractivity contribution in [2.24, 2.45) is 11.7 Å². The van der Waals surface area contributed by atoms with Crippen LogP contribution in [0.15, 0.2) is 6.20 Å². The molecule has 1 amide bonds. The van der Waals surface area contributed by atoms with E-state index in [9.17, 15) is 9.59 Å². The van der Waals surface area contributed by atoms with Gasteiger partial charge in [-0.2, -0.15) is 15.4 Å². The number of aromatic nitrogens is 3. The van der Waals surface area contributed by atoms with Crippen LogP contribution in [0.1, 0.15) is 37.8 Å². The molecule has 2 rings (SSSR count). The van der Waals surface area contributed by atoms with E-state index in [4.69, 9.17) is 5.11 Å². The lowest BCUT2D eigenvalue weighted by Crippen LogP contribution is -2.16. The van der Waals surface area contributed by atoms with Crippen molar-refractivity contribution in [1.82, 2.24) is 15.4 Å². The molecule has 8 heteroatoms. The van der Waals surface area contributed by atoms with Gasteiger partial charge >= 0.3 is 12.1 Å². The van der Waals surface area contributed by atoms with Gasteiger partial charge in [0.15, 0.2) is 0 Å². The van der Waals surface area contributed by atoms with E-state index in [-0.39, 0.29) is 12.5 Å². The van der Waals surface area contributed by atoms with Crippen LogP contribution >= 0.6 is 0 Å². The summed E-state index contributed by atoms with van der Waals surface area (Å²) in [4.78, 5) is 20.4.